The predicted octanol–water partition coefficient (Wildman–Crippen LogP) is 16.5. The zero-order chi connectivity index (χ0) is 42.2. The van der Waals surface area contributed by atoms with Crippen LogP contribution in [0.15, 0.2) is 266 Å². The molecular weight excluding hydrogens is 713 g/mol. The zero-order valence-electron chi connectivity index (χ0n) is 35.2. The van der Waals surface area contributed by atoms with Crippen molar-refractivity contribution >= 4 is 34.9 Å². The van der Waals surface area contributed by atoms with Crippen molar-refractivity contribution in [3.8, 4) is 0 Å². The Morgan fingerprint density at radius 1 is 0.542 bits per heavy atom. The molecule has 0 fully saturated rings. The van der Waals surface area contributed by atoms with Crippen molar-refractivity contribution < 1.29 is 0 Å². The third-order valence-electron chi connectivity index (χ3n) is 9.29. The van der Waals surface area contributed by atoms with Gasteiger partial charge in [-0.1, -0.05) is 191 Å². The van der Waals surface area contributed by atoms with E-state index in [1.807, 2.05) is 68.5 Å². The smallest absolute Gasteiger partial charge is 0.0461 e. The number of para-hydroxylation sites is 2. The van der Waals surface area contributed by atoms with Gasteiger partial charge in [0.2, 0.25) is 0 Å². The van der Waals surface area contributed by atoms with Crippen molar-refractivity contribution in [3.05, 3.63) is 278 Å². The maximum atomic E-state index is 4.32. The molecule has 296 valence electrons. The number of benzene rings is 4. The minimum atomic E-state index is 0.890. The van der Waals surface area contributed by atoms with Crippen molar-refractivity contribution in [2.45, 2.75) is 34.1 Å². The van der Waals surface area contributed by atoms with Gasteiger partial charge in [-0.2, -0.15) is 0 Å². The molecule has 0 aromatic heterocycles. The highest BCUT2D eigenvalue weighted by Gasteiger charge is 2.13. The molecule has 4 rings (SSSR count). The van der Waals surface area contributed by atoms with Gasteiger partial charge >= 0.3 is 0 Å². The number of allylic oxidation sites excluding steroid dienone is 21. The second kappa shape index (κ2) is 24.5. The summed E-state index contributed by atoms with van der Waals surface area (Å²) in [5.74, 6) is 0. The average Bonchev–Trinajstić information content (AvgIpc) is 3.26. The van der Waals surface area contributed by atoms with Gasteiger partial charge in [-0.25, -0.2) is 0 Å². The van der Waals surface area contributed by atoms with Gasteiger partial charge in [-0.15, -0.1) is 0 Å². The minimum absolute atomic E-state index is 0.890. The van der Waals surface area contributed by atoms with Crippen LogP contribution in [0.5, 0.6) is 0 Å². The molecule has 0 unspecified atom stereocenters. The molecule has 4 aromatic carbocycles. The van der Waals surface area contributed by atoms with E-state index in [4.69, 9.17) is 0 Å². The van der Waals surface area contributed by atoms with Gasteiger partial charge < -0.3 is 9.80 Å². The summed E-state index contributed by atoms with van der Waals surface area (Å²) in [6.45, 7) is 24.7. The Hall–Kier alpha value is -7.16. The quantitative estimate of drug-likeness (QED) is 0.0826. The Morgan fingerprint density at radius 2 is 1.07 bits per heavy atom. The fourth-order valence-corrected chi connectivity index (χ4v) is 6.22. The first-order valence-electron chi connectivity index (χ1n) is 20.1. The van der Waals surface area contributed by atoms with E-state index in [9.17, 15) is 0 Å². The van der Waals surface area contributed by atoms with Crippen molar-refractivity contribution in [3.63, 3.8) is 0 Å². The van der Waals surface area contributed by atoms with Crippen LogP contribution in [0.25, 0.3) is 12.2 Å². The molecule has 0 N–H and O–H groups in total. The maximum Gasteiger partial charge on any atom is 0.0461 e. The van der Waals surface area contributed by atoms with E-state index >= 15 is 0 Å². The lowest BCUT2D eigenvalue weighted by molar-refractivity contribution is 1.13. The van der Waals surface area contributed by atoms with Crippen molar-refractivity contribution in [1.29, 1.82) is 0 Å². The zero-order valence-corrected chi connectivity index (χ0v) is 35.2. The van der Waals surface area contributed by atoms with Crippen LogP contribution in [0.2, 0.25) is 0 Å². The lowest BCUT2D eigenvalue weighted by Gasteiger charge is -2.26. The van der Waals surface area contributed by atoms with Gasteiger partial charge in [0.05, 0.1) is 0 Å². The monoisotopic (exact) mass is 770 g/mol. The van der Waals surface area contributed by atoms with E-state index in [2.05, 4.69) is 208 Å². The fourth-order valence-electron chi connectivity index (χ4n) is 6.22. The van der Waals surface area contributed by atoms with Gasteiger partial charge in [-0.3, -0.25) is 0 Å². The van der Waals surface area contributed by atoms with Crippen molar-refractivity contribution in [1.82, 2.24) is 0 Å². The topological polar surface area (TPSA) is 6.48 Å². The van der Waals surface area contributed by atoms with E-state index in [-0.39, 0.29) is 0 Å². The fraction of sp³-hybridized carbons (Fsp3) is 0.0877. The summed E-state index contributed by atoms with van der Waals surface area (Å²) < 4.78 is 0. The van der Waals surface area contributed by atoms with Gasteiger partial charge in [0, 0.05) is 34.1 Å². The molecule has 59 heavy (non-hydrogen) atoms. The van der Waals surface area contributed by atoms with Crippen LogP contribution in [0.4, 0.5) is 22.7 Å². The second-order valence-electron chi connectivity index (χ2n) is 13.5. The molecule has 2 nitrogen and oxygen atoms in total. The van der Waals surface area contributed by atoms with Crippen LogP contribution < -0.4 is 9.80 Å². The number of nitrogens with zero attached hydrogens (tertiary/aromatic N) is 2. The van der Waals surface area contributed by atoms with Gasteiger partial charge in [0.1, 0.15) is 0 Å². The molecule has 0 heterocycles. The van der Waals surface area contributed by atoms with Gasteiger partial charge in [-0.05, 0) is 121 Å². The minimum Gasteiger partial charge on any atom is -0.315 e. The lowest BCUT2D eigenvalue weighted by Crippen LogP contribution is -2.15. The van der Waals surface area contributed by atoms with Crippen molar-refractivity contribution in [2.75, 3.05) is 9.80 Å². The molecule has 0 saturated heterocycles. The summed E-state index contributed by atoms with van der Waals surface area (Å²) in [6.07, 6.45) is 37.6. The Kier molecular flexibility index (Phi) is 18.5. The first-order valence-corrected chi connectivity index (χ1v) is 20.1. The molecule has 0 spiro atoms. The van der Waals surface area contributed by atoms with Crippen LogP contribution in [0.3, 0.4) is 0 Å². The standard InChI is InChI=1S/C57H58N2/c1-9-14-18-26-46(6)52(13-5)40-35-48(8)58(54-30-19-16-20-31-54)56-42-36-49(37-43-56)27-23-24-28-50-38-44-57(45-39-50)59(55-32-21-17-22-33-55)53(25-11-3)41-34-47(7)51(12-4)29-15-10-2/h9-10,12-45H,2,5-7,11H2,1,3-4,8H3/b14-9-,26-18-,27-23?,28-24?,29-15-,41-34-,48-35+,51-12+,52-40+,53-25+. The highest BCUT2D eigenvalue weighted by atomic mass is 15.1. The summed E-state index contributed by atoms with van der Waals surface area (Å²) in [7, 11) is 0. The van der Waals surface area contributed by atoms with E-state index < -0.39 is 0 Å². The maximum absolute atomic E-state index is 4.32. The largest absolute Gasteiger partial charge is 0.315 e. The molecule has 0 amide bonds. The SMILES string of the molecule is C=C/C=C\C(=C/C)C(=C)/C=C\C(=C/CC)N(c1ccccc1)c1ccc(C=CC=Cc2ccc(N(/C(C)=C/C=C(\C=C)C(=C)/C=C\C=C/C)c3ccccc3)cc2)cc1. The second-order valence-corrected chi connectivity index (χ2v) is 13.5. The number of anilines is 4. The van der Waals surface area contributed by atoms with Crippen LogP contribution in [-0.2, 0) is 0 Å². The van der Waals surface area contributed by atoms with E-state index in [0.717, 1.165) is 74.0 Å². The van der Waals surface area contributed by atoms with Crippen LogP contribution in [-0.4, -0.2) is 0 Å². The molecule has 0 aliphatic carbocycles. The van der Waals surface area contributed by atoms with Gasteiger partial charge in [0.25, 0.3) is 0 Å². The summed E-state index contributed by atoms with van der Waals surface area (Å²) in [4.78, 5) is 4.54. The van der Waals surface area contributed by atoms with Gasteiger partial charge in [0.15, 0.2) is 0 Å². The Morgan fingerprint density at radius 3 is 1.58 bits per heavy atom. The molecular formula is C57H58N2. The van der Waals surface area contributed by atoms with Crippen molar-refractivity contribution in [2.24, 2.45) is 0 Å². The number of hydrogen-bond acceptors (Lipinski definition) is 2. The summed E-state index contributed by atoms with van der Waals surface area (Å²) in [6, 6.07) is 38.2. The molecule has 0 atom stereocenters. The Bertz CT molecular complexity index is 2310. The highest BCUT2D eigenvalue weighted by Crippen LogP contribution is 2.33. The van der Waals surface area contributed by atoms with E-state index in [1.54, 1.807) is 6.08 Å². The van der Waals surface area contributed by atoms with E-state index in [0.29, 0.717) is 0 Å². The summed E-state index contributed by atoms with van der Waals surface area (Å²) in [5, 5.41) is 0. The Labute approximate surface area is 355 Å². The van der Waals surface area contributed by atoms with Crippen LogP contribution in [0, 0.1) is 0 Å². The lowest BCUT2D eigenvalue weighted by atomic mass is 10.1. The molecule has 0 radical (unpaired) electrons. The normalized spacial score (nSPS) is 13.1. The molecule has 0 aliphatic rings. The third-order valence-corrected chi connectivity index (χ3v) is 9.29. The molecule has 0 bridgehead atoms. The highest BCUT2D eigenvalue weighted by molar-refractivity contribution is 5.73. The first kappa shape index (κ1) is 44.6. The first-order chi connectivity index (χ1) is 28.8. The number of rotatable bonds is 20. The average molecular weight is 771 g/mol. The van der Waals surface area contributed by atoms with Crippen LogP contribution >= 0.6 is 0 Å². The summed E-state index contributed by atoms with van der Waals surface area (Å²) in [5.41, 5.74) is 12.6. The number of hydrogen-bond donors (Lipinski definition) is 0. The third kappa shape index (κ3) is 13.8. The molecule has 0 aliphatic heterocycles. The molecule has 0 saturated carbocycles. The van der Waals surface area contributed by atoms with E-state index in [1.165, 1.54) is 0 Å². The predicted molar refractivity (Wildman–Crippen MR) is 263 cm³/mol. The molecule has 2 heteroatoms. The Balaban J connectivity index is 1.52. The molecule has 4 aromatic rings. The summed E-state index contributed by atoms with van der Waals surface area (Å²) >= 11 is 0. The van der Waals surface area contributed by atoms with Crippen LogP contribution in [0.1, 0.15) is 45.2 Å².